The number of aryl methyl sites for hydroxylation is 1. The summed E-state index contributed by atoms with van der Waals surface area (Å²) in [6.07, 6.45) is 0.425. The average molecular weight is 272 g/mol. The van der Waals surface area contributed by atoms with Gasteiger partial charge in [-0.3, -0.25) is 9.59 Å². The zero-order valence-electron chi connectivity index (χ0n) is 11.0. The van der Waals surface area contributed by atoms with Crippen molar-refractivity contribution in [3.63, 3.8) is 0 Å². The lowest BCUT2D eigenvalue weighted by atomic mass is 10.3. The molecule has 1 amide bonds. The third kappa shape index (κ3) is 4.27. The maximum absolute atomic E-state index is 11.6. The minimum absolute atomic E-state index is 0.0122. The van der Waals surface area contributed by atoms with Crippen molar-refractivity contribution in [2.75, 3.05) is 6.54 Å². The molecule has 1 aromatic heterocycles. The highest BCUT2D eigenvalue weighted by atomic mass is 32.1. The first-order valence-electron chi connectivity index (χ1n) is 6.03. The van der Waals surface area contributed by atoms with Crippen molar-refractivity contribution in [1.82, 2.24) is 9.88 Å². The van der Waals surface area contributed by atoms with Crippen molar-refractivity contribution in [2.24, 2.45) is 0 Å². The number of carbonyl (C=O) groups excluding carboxylic acids is 1. The number of aromatic nitrogens is 1. The van der Waals surface area contributed by atoms with Crippen LogP contribution in [0.1, 0.15) is 30.3 Å². The predicted molar refractivity (Wildman–Crippen MR) is 72.0 cm³/mol. The summed E-state index contributed by atoms with van der Waals surface area (Å²) in [5.41, 5.74) is 0.932. The number of aliphatic hydroxyl groups excluding tert-OH is 1. The normalized spacial score (nSPS) is 12.4. The van der Waals surface area contributed by atoms with Crippen molar-refractivity contribution in [2.45, 2.75) is 46.3 Å². The second kappa shape index (κ2) is 6.70. The van der Waals surface area contributed by atoms with Gasteiger partial charge in [-0.1, -0.05) is 11.3 Å². The Morgan fingerprint density at radius 2 is 2.17 bits per heavy atom. The van der Waals surface area contributed by atoms with Crippen LogP contribution in [-0.2, 0) is 11.3 Å². The molecule has 0 saturated heterocycles. The highest BCUT2D eigenvalue weighted by Crippen LogP contribution is 2.09. The third-order valence-corrected chi connectivity index (χ3v) is 3.82. The zero-order valence-corrected chi connectivity index (χ0v) is 11.8. The first kappa shape index (κ1) is 14.9. The van der Waals surface area contributed by atoms with Crippen molar-refractivity contribution in [1.29, 1.82) is 0 Å². The molecule has 0 spiro atoms. The van der Waals surface area contributed by atoms with Crippen molar-refractivity contribution in [3.05, 3.63) is 20.2 Å². The summed E-state index contributed by atoms with van der Waals surface area (Å²) in [6, 6.07) is 0. The Labute approximate surface area is 110 Å². The minimum Gasteiger partial charge on any atom is -0.393 e. The second-order valence-electron chi connectivity index (χ2n) is 4.40. The Balaban J connectivity index is 2.41. The fourth-order valence-corrected chi connectivity index (χ4v) is 2.43. The number of thiazole rings is 1. The van der Waals surface area contributed by atoms with E-state index < -0.39 is 6.10 Å². The van der Waals surface area contributed by atoms with Crippen LogP contribution in [0.15, 0.2) is 4.79 Å². The molecule has 18 heavy (non-hydrogen) atoms. The highest BCUT2D eigenvalue weighted by molar-refractivity contribution is 7.09. The van der Waals surface area contributed by atoms with Crippen molar-refractivity contribution < 1.29 is 9.90 Å². The quantitative estimate of drug-likeness (QED) is 0.805. The molecular formula is C12H20N2O3S. The Morgan fingerprint density at radius 1 is 1.50 bits per heavy atom. The average Bonchev–Trinajstić information content (AvgIpc) is 2.50. The van der Waals surface area contributed by atoms with E-state index >= 15 is 0 Å². The standard InChI is InChI=1S/C12H20N2O3S/c1-8(15)4-6-13-11(16)5-7-14-9(2)10(3)18-12(14)17/h8,15H,4-7H2,1-3H3,(H,13,16). The van der Waals surface area contributed by atoms with Crippen LogP contribution in [-0.4, -0.2) is 28.2 Å². The van der Waals surface area contributed by atoms with Gasteiger partial charge in [0.1, 0.15) is 0 Å². The lowest BCUT2D eigenvalue weighted by Gasteiger charge is -2.08. The van der Waals surface area contributed by atoms with E-state index in [1.165, 1.54) is 11.3 Å². The Bertz CT molecular complexity index is 462. The van der Waals surface area contributed by atoms with E-state index in [1.807, 2.05) is 13.8 Å². The fraction of sp³-hybridized carbons (Fsp3) is 0.667. The van der Waals surface area contributed by atoms with E-state index in [9.17, 15) is 9.59 Å². The van der Waals surface area contributed by atoms with Crippen LogP contribution in [0.4, 0.5) is 0 Å². The van der Waals surface area contributed by atoms with Crippen LogP contribution in [0.5, 0.6) is 0 Å². The predicted octanol–water partition coefficient (Wildman–Crippen LogP) is 0.804. The maximum atomic E-state index is 11.6. The van der Waals surface area contributed by atoms with E-state index in [-0.39, 0.29) is 17.2 Å². The first-order valence-corrected chi connectivity index (χ1v) is 6.85. The number of amides is 1. The van der Waals surface area contributed by atoms with Gasteiger partial charge in [0.15, 0.2) is 0 Å². The van der Waals surface area contributed by atoms with Gasteiger partial charge in [-0.25, -0.2) is 0 Å². The monoisotopic (exact) mass is 272 g/mol. The van der Waals surface area contributed by atoms with Crippen LogP contribution in [0, 0.1) is 13.8 Å². The molecule has 0 radical (unpaired) electrons. The van der Waals surface area contributed by atoms with E-state index in [4.69, 9.17) is 5.11 Å². The number of rotatable bonds is 6. The summed E-state index contributed by atoms with van der Waals surface area (Å²) >= 11 is 1.21. The van der Waals surface area contributed by atoms with E-state index in [1.54, 1.807) is 11.5 Å². The third-order valence-electron chi connectivity index (χ3n) is 2.82. The molecule has 1 aromatic rings. The van der Waals surface area contributed by atoms with Gasteiger partial charge in [0.25, 0.3) is 0 Å². The summed E-state index contributed by atoms with van der Waals surface area (Å²) in [4.78, 5) is 24.1. The molecule has 1 heterocycles. The van der Waals surface area contributed by atoms with Gasteiger partial charge >= 0.3 is 4.87 Å². The van der Waals surface area contributed by atoms with Crippen LogP contribution >= 0.6 is 11.3 Å². The summed E-state index contributed by atoms with van der Waals surface area (Å²) in [7, 11) is 0. The van der Waals surface area contributed by atoms with Gasteiger partial charge in [0.05, 0.1) is 6.10 Å². The molecule has 6 heteroatoms. The fourth-order valence-electron chi connectivity index (χ4n) is 1.57. The van der Waals surface area contributed by atoms with Gasteiger partial charge in [0, 0.05) is 30.1 Å². The van der Waals surface area contributed by atoms with Crippen molar-refractivity contribution in [3.8, 4) is 0 Å². The van der Waals surface area contributed by atoms with Crippen LogP contribution in [0.2, 0.25) is 0 Å². The molecule has 1 unspecified atom stereocenters. The van der Waals surface area contributed by atoms with Gasteiger partial charge in [0.2, 0.25) is 5.91 Å². The number of hydrogen-bond acceptors (Lipinski definition) is 4. The molecule has 0 aromatic carbocycles. The SMILES string of the molecule is Cc1sc(=O)n(CCC(=O)NCCC(C)O)c1C. The van der Waals surface area contributed by atoms with Crippen molar-refractivity contribution >= 4 is 17.2 Å². The summed E-state index contributed by atoms with van der Waals surface area (Å²) < 4.78 is 1.63. The topological polar surface area (TPSA) is 71.3 Å². The number of carbonyl (C=O) groups is 1. The number of nitrogens with one attached hydrogen (secondary N) is 1. The van der Waals surface area contributed by atoms with Gasteiger partial charge in [-0.15, -0.1) is 0 Å². The van der Waals surface area contributed by atoms with Gasteiger partial charge in [-0.05, 0) is 27.2 Å². The maximum Gasteiger partial charge on any atom is 0.307 e. The van der Waals surface area contributed by atoms with Gasteiger partial charge in [-0.2, -0.15) is 0 Å². The lowest BCUT2D eigenvalue weighted by Crippen LogP contribution is -2.28. The zero-order chi connectivity index (χ0) is 13.7. The molecule has 0 fully saturated rings. The molecule has 0 bridgehead atoms. The van der Waals surface area contributed by atoms with E-state index in [2.05, 4.69) is 5.32 Å². The number of hydrogen-bond donors (Lipinski definition) is 2. The molecule has 0 aliphatic carbocycles. The largest absolute Gasteiger partial charge is 0.393 e. The molecule has 5 nitrogen and oxygen atoms in total. The highest BCUT2D eigenvalue weighted by Gasteiger charge is 2.09. The molecule has 0 aliphatic heterocycles. The molecule has 102 valence electrons. The Hall–Kier alpha value is -1.14. The van der Waals surface area contributed by atoms with E-state index in [0.717, 1.165) is 10.6 Å². The molecular weight excluding hydrogens is 252 g/mol. The molecule has 2 N–H and O–H groups in total. The van der Waals surface area contributed by atoms with Crippen LogP contribution in [0.25, 0.3) is 0 Å². The summed E-state index contributed by atoms with van der Waals surface area (Å²) in [6.45, 7) is 6.35. The number of nitrogens with zero attached hydrogens (tertiary/aromatic N) is 1. The molecule has 0 aliphatic rings. The first-order chi connectivity index (χ1) is 8.41. The Kier molecular flexibility index (Phi) is 5.55. The summed E-state index contributed by atoms with van der Waals surface area (Å²) in [5.74, 6) is -0.0918. The Morgan fingerprint density at radius 3 is 2.67 bits per heavy atom. The van der Waals surface area contributed by atoms with E-state index in [0.29, 0.717) is 19.5 Å². The second-order valence-corrected chi connectivity index (χ2v) is 5.56. The lowest BCUT2D eigenvalue weighted by molar-refractivity contribution is -0.121. The van der Waals surface area contributed by atoms with Crippen LogP contribution in [0.3, 0.4) is 0 Å². The van der Waals surface area contributed by atoms with Crippen LogP contribution < -0.4 is 10.2 Å². The van der Waals surface area contributed by atoms with Gasteiger partial charge < -0.3 is 15.0 Å². The molecule has 1 atom stereocenters. The molecule has 1 rings (SSSR count). The smallest absolute Gasteiger partial charge is 0.307 e. The number of aliphatic hydroxyl groups is 1. The molecule has 0 saturated carbocycles. The minimum atomic E-state index is -0.408. The summed E-state index contributed by atoms with van der Waals surface area (Å²) in [5, 5.41) is 11.8.